The molecule has 3 aromatic carbocycles. The molecule has 0 aliphatic rings. The normalized spacial score (nSPS) is 10.9. The number of benzene rings is 3. The van der Waals surface area contributed by atoms with Gasteiger partial charge in [0.25, 0.3) is 0 Å². The zero-order chi connectivity index (χ0) is 25.7. The van der Waals surface area contributed by atoms with Crippen LogP contribution in [0, 0.1) is 25.5 Å². The van der Waals surface area contributed by atoms with E-state index in [1.165, 1.54) is 28.8 Å². The van der Waals surface area contributed by atoms with Crippen LogP contribution in [0.5, 0.6) is 0 Å². The van der Waals surface area contributed by atoms with Gasteiger partial charge in [-0.3, -0.25) is 0 Å². The molecule has 1 heterocycles. The SMILES string of the molecule is Cc1ccc(Cn2cccc2CN(CCc2ccc(Cl)cc2)C(=S)Nc2cc(F)cc(F)c2)c(C)c1. The van der Waals surface area contributed by atoms with Crippen molar-refractivity contribution in [2.75, 3.05) is 11.9 Å². The van der Waals surface area contributed by atoms with E-state index >= 15 is 0 Å². The highest BCUT2D eigenvalue weighted by Gasteiger charge is 2.15. The topological polar surface area (TPSA) is 20.2 Å². The molecule has 0 saturated carbocycles. The summed E-state index contributed by atoms with van der Waals surface area (Å²) in [6.45, 7) is 6.11. The summed E-state index contributed by atoms with van der Waals surface area (Å²) in [6.07, 6.45) is 2.79. The van der Waals surface area contributed by atoms with Crippen LogP contribution in [0.1, 0.15) is 27.9 Å². The molecule has 0 atom stereocenters. The van der Waals surface area contributed by atoms with Gasteiger partial charge in [-0.25, -0.2) is 8.78 Å². The maximum atomic E-state index is 13.8. The van der Waals surface area contributed by atoms with E-state index in [2.05, 4.69) is 54.2 Å². The maximum Gasteiger partial charge on any atom is 0.173 e. The van der Waals surface area contributed by atoms with Crippen LogP contribution >= 0.6 is 23.8 Å². The molecule has 0 unspecified atom stereocenters. The van der Waals surface area contributed by atoms with Gasteiger partial charge in [-0.15, -0.1) is 0 Å². The highest BCUT2D eigenvalue weighted by Crippen LogP contribution is 2.18. The first-order chi connectivity index (χ1) is 17.3. The fourth-order valence-electron chi connectivity index (χ4n) is 4.15. The molecule has 1 N–H and O–H groups in total. The molecule has 0 aliphatic carbocycles. The van der Waals surface area contributed by atoms with E-state index in [0.717, 1.165) is 30.3 Å². The number of thiocarbonyl (C=S) groups is 1. The van der Waals surface area contributed by atoms with Crippen molar-refractivity contribution < 1.29 is 8.78 Å². The van der Waals surface area contributed by atoms with E-state index in [1.54, 1.807) is 0 Å². The van der Waals surface area contributed by atoms with Crippen LogP contribution in [-0.2, 0) is 19.5 Å². The Morgan fingerprint density at radius 2 is 1.69 bits per heavy atom. The van der Waals surface area contributed by atoms with Crippen LogP contribution in [-0.4, -0.2) is 21.1 Å². The van der Waals surface area contributed by atoms with Gasteiger partial charge in [0.1, 0.15) is 11.6 Å². The third-order valence-corrected chi connectivity index (χ3v) is 6.71. The standard InChI is InChI=1S/C29H28ClF2N3S/c1-20-5-8-23(21(2)14-20)18-34-12-3-4-28(34)19-35(13-11-22-6-9-24(30)10-7-22)29(36)33-27-16-25(31)15-26(32)17-27/h3-10,12,14-17H,11,13,18-19H2,1-2H3,(H,33,36). The molecule has 0 amide bonds. The second-order valence-electron chi connectivity index (χ2n) is 8.94. The molecule has 1 aromatic heterocycles. The van der Waals surface area contributed by atoms with Gasteiger partial charge in [0.05, 0.1) is 6.54 Å². The number of rotatable bonds is 8. The minimum Gasteiger partial charge on any atom is -0.345 e. The minimum atomic E-state index is -0.657. The molecule has 186 valence electrons. The monoisotopic (exact) mass is 523 g/mol. The fourth-order valence-corrected chi connectivity index (χ4v) is 4.55. The van der Waals surface area contributed by atoms with Gasteiger partial charge >= 0.3 is 0 Å². The molecule has 0 saturated heterocycles. The summed E-state index contributed by atoms with van der Waals surface area (Å²) in [6, 6.07) is 21.6. The smallest absolute Gasteiger partial charge is 0.173 e. The predicted octanol–water partition coefficient (Wildman–Crippen LogP) is 7.53. The average molecular weight is 524 g/mol. The van der Waals surface area contributed by atoms with Crippen LogP contribution in [0.15, 0.2) is 79.0 Å². The van der Waals surface area contributed by atoms with Gasteiger partial charge in [0.15, 0.2) is 5.11 Å². The molecule has 0 bridgehead atoms. The quantitative estimate of drug-likeness (QED) is 0.241. The number of halogens is 3. The van der Waals surface area contributed by atoms with Crippen molar-refractivity contribution in [3.63, 3.8) is 0 Å². The van der Waals surface area contributed by atoms with Crippen LogP contribution in [0.3, 0.4) is 0 Å². The first kappa shape index (κ1) is 25.9. The van der Waals surface area contributed by atoms with E-state index in [1.807, 2.05) is 35.2 Å². The molecular weight excluding hydrogens is 496 g/mol. The van der Waals surface area contributed by atoms with Crippen molar-refractivity contribution in [1.82, 2.24) is 9.47 Å². The molecule has 4 rings (SSSR count). The van der Waals surface area contributed by atoms with Crippen LogP contribution in [0.2, 0.25) is 5.02 Å². The Bertz CT molecular complexity index is 1330. The first-order valence-corrected chi connectivity index (χ1v) is 12.5. The van der Waals surface area contributed by atoms with E-state index < -0.39 is 11.6 Å². The lowest BCUT2D eigenvalue weighted by molar-refractivity contribution is 0.409. The van der Waals surface area contributed by atoms with Gasteiger partial charge in [0.2, 0.25) is 0 Å². The zero-order valence-corrected chi connectivity index (χ0v) is 21.8. The van der Waals surface area contributed by atoms with Crippen LogP contribution in [0.25, 0.3) is 0 Å². The number of nitrogens with one attached hydrogen (secondary N) is 1. The van der Waals surface area contributed by atoms with Crippen molar-refractivity contribution >= 4 is 34.6 Å². The Labute approximate surface area is 221 Å². The minimum absolute atomic E-state index is 0.277. The first-order valence-electron chi connectivity index (χ1n) is 11.7. The summed E-state index contributed by atoms with van der Waals surface area (Å²) in [5.41, 5.74) is 6.22. The molecule has 7 heteroatoms. The molecule has 0 radical (unpaired) electrons. The van der Waals surface area contributed by atoms with Gasteiger partial charge in [-0.1, -0.05) is 47.5 Å². The van der Waals surface area contributed by atoms with E-state index in [-0.39, 0.29) is 5.69 Å². The van der Waals surface area contributed by atoms with Crippen molar-refractivity contribution in [1.29, 1.82) is 0 Å². The number of aromatic nitrogens is 1. The van der Waals surface area contributed by atoms with Crippen molar-refractivity contribution in [3.05, 3.63) is 124 Å². The number of hydrogen-bond donors (Lipinski definition) is 1. The van der Waals surface area contributed by atoms with E-state index in [9.17, 15) is 8.78 Å². The van der Waals surface area contributed by atoms with Crippen molar-refractivity contribution in [2.45, 2.75) is 33.4 Å². The van der Waals surface area contributed by atoms with Gasteiger partial charge in [-0.2, -0.15) is 0 Å². The van der Waals surface area contributed by atoms with Crippen LogP contribution in [0.4, 0.5) is 14.5 Å². The van der Waals surface area contributed by atoms with Crippen molar-refractivity contribution in [2.24, 2.45) is 0 Å². The lowest BCUT2D eigenvalue weighted by Crippen LogP contribution is -2.36. The number of anilines is 1. The Morgan fingerprint density at radius 1 is 0.972 bits per heavy atom. The summed E-state index contributed by atoms with van der Waals surface area (Å²) in [7, 11) is 0. The summed E-state index contributed by atoms with van der Waals surface area (Å²) in [4.78, 5) is 2.01. The summed E-state index contributed by atoms with van der Waals surface area (Å²) >= 11 is 11.7. The molecule has 0 spiro atoms. The Morgan fingerprint density at radius 3 is 2.39 bits per heavy atom. The van der Waals surface area contributed by atoms with Gasteiger partial charge in [0, 0.05) is 41.8 Å². The summed E-state index contributed by atoms with van der Waals surface area (Å²) in [5.74, 6) is -1.31. The number of aryl methyl sites for hydroxylation is 2. The second-order valence-corrected chi connectivity index (χ2v) is 9.77. The molecule has 36 heavy (non-hydrogen) atoms. The number of nitrogens with zero attached hydrogens (tertiary/aromatic N) is 2. The Balaban J connectivity index is 1.54. The Hall–Kier alpha value is -3.22. The third kappa shape index (κ3) is 6.93. The van der Waals surface area contributed by atoms with Gasteiger partial charge < -0.3 is 14.8 Å². The lowest BCUT2D eigenvalue weighted by Gasteiger charge is -2.27. The molecule has 4 aromatic rings. The van der Waals surface area contributed by atoms with Crippen LogP contribution < -0.4 is 5.32 Å². The fraction of sp³-hybridized carbons (Fsp3) is 0.207. The molecule has 0 aliphatic heterocycles. The maximum absolute atomic E-state index is 13.8. The third-order valence-electron chi connectivity index (χ3n) is 6.10. The number of hydrogen-bond acceptors (Lipinski definition) is 1. The summed E-state index contributed by atoms with van der Waals surface area (Å²) in [5, 5.41) is 4.09. The average Bonchev–Trinajstić information content (AvgIpc) is 3.25. The Kier molecular flexibility index (Phi) is 8.39. The highest BCUT2D eigenvalue weighted by molar-refractivity contribution is 7.80. The molecule has 0 fully saturated rings. The van der Waals surface area contributed by atoms with E-state index in [0.29, 0.717) is 23.2 Å². The lowest BCUT2D eigenvalue weighted by atomic mass is 10.1. The molecule has 3 nitrogen and oxygen atoms in total. The molecular formula is C29H28ClF2N3S. The highest BCUT2D eigenvalue weighted by atomic mass is 35.5. The van der Waals surface area contributed by atoms with E-state index in [4.69, 9.17) is 23.8 Å². The zero-order valence-electron chi connectivity index (χ0n) is 20.3. The van der Waals surface area contributed by atoms with Crippen molar-refractivity contribution in [3.8, 4) is 0 Å². The predicted molar refractivity (Wildman–Crippen MR) is 148 cm³/mol. The second kappa shape index (κ2) is 11.7. The van der Waals surface area contributed by atoms with Gasteiger partial charge in [-0.05, 0) is 85.6 Å². The largest absolute Gasteiger partial charge is 0.345 e. The summed E-state index contributed by atoms with van der Waals surface area (Å²) < 4.78 is 29.7.